The number of para-hydroxylation sites is 1. The monoisotopic (exact) mass is 388 g/mol. The summed E-state index contributed by atoms with van der Waals surface area (Å²) in [5, 5.41) is 0. The van der Waals surface area contributed by atoms with Crippen molar-refractivity contribution in [1.29, 1.82) is 0 Å². The van der Waals surface area contributed by atoms with Crippen LogP contribution in [0.2, 0.25) is 0 Å². The molecule has 144 valence electrons. The zero-order valence-corrected chi connectivity index (χ0v) is 16.1. The summed E-state index contributed by atoms with van der Waals surface area (Å²) in [7, 11) is -3.52. The quantitative estimate of drug-likeness (QED) is 0.762. The fourth-order valence-corrected chi connectivity index (χ4v) is 4.51. The van der Waals surface area contributed by atoms with Crippen LogP contribution in [0.25, 0.3) is 0 Å². The Morgan fingerprint density at radius 1 is 0.963 bits per heavy atom. The number of sulfonamides is 1. The average Bonchev–Trinajstić information content (AvgIpc) is 2.73. The number of nitrogens with zero attached hydrogens (tertiary/aromatic N) is 2. The van der Waals surface area contributed by atoms with Crippen molar-refractivity contribution in [2.24, 2.45) is 0 Å². The van der Waals surface area contributed by atoms with Crippen LogP contribution < -0.4 is 4.74 Å². The molecular weight excluding hydrogens is 364 g/mol. The number of carbonyl (C=O) groups excluding carboxylic acids is 1. The number of ether oxygens (including phenoxy) is 1. The van der Waals surface area contributed by atoms with E-state index in [4.69, 9.17) is 4.74 Å². The van der Waals surface area contributed by atoms with Gasteiger partial charge < -0.3 is 9.64 Å². The smallest absolute Gasteiger partial charge is 0.263 e. The fourth-order valence-electron chi connectivity index (χ4n) is 3.07. The molecule has 1 aliphatic rings. The highest BCUT2D eigenvalue weighted by molar-refractivity contribution is 7.89. The van der Waals surface area contributed by atoms with Gasteiger partial charge in [-0.3, -0.25) is 4.79 Å². The van der Waals surface area contributed by atoms with Crippen molar-refractivity contribution in [1.82, 2.24) is 9.21 Å². The second-order valence-electron chi connectivity index (χ2n) is 6.37. The van der Waals surface area contributed by atoms with Crippen LogP contribution in [0.3, 0.4) is 0 Å². The lowest BCUT2D eigenvalue weighted by atomic mass is 10.2. The Labute approximate surface area is 160 Å². The topological polar surface area (TPSA) is 66.9 Å². The maximum absolute atomic E-state index is 12.8. The van der Waals surface area contributed by atoms with E-state index in [1.54, 1.807) is 35.2 Å². The van der Waals surface area contributed by atoms with Gasteiger partial charge in [-0.15, -0.1) is 0 Å². The van der Waals surface area contributed by atoms with E-state index in [-0.39, 0.29) is 23.9 Å². The van der Waals surface area contributed by atoms with Crippen molar-refractivity contribution < 1.29 is 17.9 Å². The van der Waals surface area contributed by atoms with Crippen LogP contribution in [0.5, 0.6) is 5.75 Å². The Balaban J connectivity index is 1.62. The minimum Gasteiger partial charge on any atom is -0.481 e. The van der Waals surface area contributed by atoms with Gasteiger partial charge in [-0.2, -0.15) is 4.31 Å². The molecule has 0 spiro atoms. The van der Waals surface area contributed by atoms with Crippen molar-refractivity contribution in [3.8, 4) is 5.75 Å². The molecule has 1 aliphatic heterocycles. The highest BCUT2D eigenvalue weighted by Crippen LogP contribution is 2.19. The normalized spacial score (nSPS) is 16.7. The molecule has 1 saturated heterocycles. The summed E-state index contributed by atoms with van der Waals surface area (Å²) in [4.78, 5) is 14.8. The third kappa shape index (κ3) is 4.48. The Hall–Kier alpha value is -2.38. The van der Waals surface area contributed by atoms with Gasteiger partial charge in [-0.25, -0.2) is 8.42 Å². The van der Waals surface area contributed by atoms with E-state index >= 15 is 0 Å². The highest BCUT2D eigenvalue weighted by Gasteiger charge is 2.32. The predicted octanol–water partition coefficient (Wildman–Crippen LogP) is 2.38. The Morgan fingerprint density at radius 3 is 2.07 bits per heavy atom. The maximum Gasteiger partial charge on any atom is 0.263 e. The van der Waals surface area contributed by atoms with Crippen LogP contribution >= 0.6 is 0 Å². The molecule has 1 amide bonds. The lowest BCUT2D eigenvalue weighted by molar-refractivity contribution is -0.140. The van der Waals surface area contributed by atoms with Gasteiger partial charge in [0, 0.05) is 26.2 Å². The molecule has 27 heavy (non-hydrogen) atoms. The summed E-state index contributed by atoms with van der Waals surface area (Å²) in [6.07, 6.45) is -0.0133. The number of piperazine rings is 1. The van der Waals surface area contributed by atoms with Crippen LogP contribution in [-0.4, -0.2) is 55.8 Å². The second-order valence-corrected chi connectivity index (χ2v) is 8.31. The van der Waals surface area contributed by atoms with Crippen LogP contribution in [0.4, 0.5) is 0 Å². The standard InChI is InChI=1S/C20H24N2O4S/c1-2-19(26-17-9-5-3-6-10-17)20(23)21-13-15-22(16-14-21)27(24,25)18-11-7-4-8-12-18/h3-12,19H,2,13-16H2,1H3/t19-/m0/s1. The van der Waals surface area contributed by atoms with Crippen LogP contribution in [0.15, 0.2) is 65.6 Å². The molecule has 0 N–H and O–H groups in total. The molecular formula is C20H24N2O4S. The predicted molar refractivity (Wildman–Crippen MR) is 103 cm³/mol. The highest BCUT2D eigenvalue weighted by atomic mass is 32.2. The molecule has 0 aromatic heterocycles. The van der Waals surface area contributed by atoms with Gasteiger partial charge in [0.1, 0.15) is 5.75 Å². The van der Waals surface area contributed by atoms with E-state index in [0.29, 0.717) is 25.3 Å². The SMILES string of the molecule is CC[C@H](Oc1ccccc1)C(=O)N1CCN(S(=O)(=O)c2ccccc2)CC1. The van der Waals surface area contributed by atoms with Crippen LogP contribution in [-0.2, 0) is 14.8 Å². The van der Waals surface area contributed by atoms with E-state index in [1.165, 1.54) is 4.31 Å². The maximum atomic E-state index is 12.8. The third-order valence-corrected chi connectivity index (χ3v) is 6.51. The number of benzene rings is 2. The zero-order valence-electron chi connectivity index (χ0n) is 15.3. The van der Waals surface area contributed by atoms with Crippen molar-refractivity contribution in [2.75, 3.05) is 26.2 Å². The molecule has 6 nitrogen and oxygen atoms in total. The Morgan fingerprint density at radius 2 is 1.52 bits per heavy atom. The van der Waals surface area contributed by atoms with Gasteiger partial charge in [-0.05, 0) is 30.7 Å². The van der Waals surface area contributed by atoms with Gasteiger partial charge in [0.2, 0.25) is 10.0 Å². The van der Waals surface area contributed by atoms with Crippen LogP contribution in [0, 0.1) is 0 Å². The molecule has 0 radical (unpaired) electrons. The van der Waals surface area contributed by atoms with E-state index < -0.39 is 16.1 Å². The van der Waals surface area contributed by atoms with Gasteiger partial charge in [-0.1, -0.05) is 43.3 Å². The van der Waals surface area contributed by atoms with Gasteiger partial charge >= 0.3 is 0 Å². The summed E-state index contributed by atoms with van der Waals surface area (Å²) in [6.45, 7) is 3.19. The summed E-state index contributed by atoms with van der Waals surface area (Å²) in [5.74, 6) is 0.557. The van der Waals surface area contributed by atoms with Crippen molar-refractivity contribution in [2.45, 2.75) is 24.3 Å². The van der Waals surface area contributed by atoms with E-state index in [1.807, 2.05) is 37.3 Å². The Kier molecular flexibility index (Phi) is 6.13. The molecule has 1 heterocycles. The summed E-state index contributed by atoms with van der Waals surface area (Å²) >= 11 is 0. The molecule has 1 atom stereocenters. The largest absolute Gasteiger partial charge is 0.481 e. The average molecular weight is 388 g/mol. The van der Waals surface area contributed by atoms with Crippen molar-refractivity contribution in [3.63, 3.8) is 0 Å². The number of hydrogen-bond donors (Lipinski definition) is 0. The van der Waals surface area contributed by atoms with Crippen LogP contribution in [0.1, 0.15) is 13.3 Å². The summed E-state index contributed by atoms with van der Waals surface area (Å²) in [6, 6.07) is 17.6. The molecule has 0 unspecified atom stereocenters. The molecule has 7 heteroatoms. The molecule has 2 aromatic rings. The number of amides is 1. The van der Waals surface area contributed by atoms with E-state index in [0.717, 1.165) is 0 Å². The molecule has 0 aliphatic carbocycles. The summed E-state index contributed by atoms with van der Waals surface area (Å²) in [5.41, 5.74) is 0. The molecule has 1 fully saturated rings. The van der Waals surface area contributed by atoms with Crippen molar-refractivity contribution in [3.05, 3.63) is 60.7 Å². The van der Waals surface area contributed by atoms with Crippen molar-refractivity contribution >= 4 is 15.9 Å². The molecule has 3 rings (SSSR count). The molecule has 2 aromatic carbocycles. The minimum atomic E-state index is -3.52. The summed E-state index contributed by atoms with van der Waals surface area (Å²) < 4.78 is 32.6. The number of rotatable bonds is 6. The molecule has 0 saturated carbocycles. The van der Waals surface area contributed by atoms with Gasteiger partial charge in [0.15, 0.2) is 6.10 Å². The minimum absolute atomic E-state index is 0.0990. The third-order valence-electron chi connectivity index (χ3n) is 4.60. The lowest BCUT2D eigenvalue weighted by Crippen LogP contribution is -2.53. The number of carbonyl (C=O) groups is 1. The van der Waals surface area contributed by atoms with E-state index in [9.17, 15) is 13.2 Å². The Bertz CT molecular complexity index is 848. The zero-order chi connectivity index (χ0) is 19.3. The molecule has 0 bridgehead atoms. The first kappa shape index (κ1) is 19.4. The first-order chi connectivity index (χ1) is 13.0. The number of hydrogen-bond acceptors (Lipinski definition) is 4. The second kappa shape index (κ2) is 8.54. The van der Waals surface area contributed by atoms with Gasteiger partial charge in [0.25, 0.3) is 5.91 Å². The first-order valence-corrected chi connectivity index (χ1v) is 10.5. The van der Waals surface area contributed by atoms with Gasteiger partial charge in [0.05, 0.1) is 4.90 Å². The fraction of sp³-hybridized carbons (Fsp3) is 0.350. The first-order valence-electron chi connectivity index (χ1n) is 9.08. The lowest BCUT2D eigenvalue weighted by Gasteiger charge is -2.35. The van der Waals surface area contributed by atoms with E-state index in [2.05, 4.69) is 0 Å².